The molecular formula is C10H12S2. The molecule has 2 rings (SSSR count). The van der Waals surface area contributed by atoms with E-state index in [0.29, 0.717) is 5.56 Å². The van der Waals surface area contributed by atoms with E-state index in [1.807, 2.05) is 0 Å². The van der Waals surface area contributed by atoms with Crippen LogP contribution in [-0.4, -0.2) is 11.5 Å². The second kappa shape index (κ2) is 4.24. The van der Waals surface area contributed by atoms with E-state index in [2.05, 4.69) is 0 Å². The summed E-state index contributed by atoms with van der Waals surface area (Å²) in [6.45, 7) is 0. The average Bonchev–Trinajstić information content (AvgIpc) is 2.36. The third kappa shape index (κ3) is 1.99. The third-order valence-corrected chi connectivity index (χ3v) is 4.52. The van der Waals surface area contributed by atoms with Crippen LogP contribution < -0.4 is 0 Å². The van der Waals surface area contributed by atoms with Crippen molar-refractivity contribution in [1.29, 1.82) is 0 Å². The Morgan fingerprint density at radius 1 is 1.17 bits per heavy atom. The van der Waals surface area contributed by atoms with Gasteiger partial charge in [0.05, 0.1) is 11.4 Å². The molecule has 0 nitrogen and oxygen atoms in total. The zero-order chi connectivity index (χ0) is 12.6. The van der Waals surface area contributed by atoms with Gasteiger partial charge in [-0.3, -0.25) is 0 Å². The number of hydrogen-bond donors (Lipinski definition) is 0. The molecule has 2 heteroatoms. The van der Waals surface area contributed by atoms with Crippen LogP contribution in [0.15, 0.2) is 30.2 Å². The monoisotopic (exact) mass is 201 g/mol. The first kappa shape index (κ1) is 4.43. The summed E-state index contributed by atoms with van der Waals surface area (Å²) in [6.07, 6.45) is 1.12. The smallest absolute Gasteiger partial charge is 0.0751 e. The average molecular weight is 201 g/mol. The zero-order valence-electron chi connectivity index (χ0n) is 11.5. The lowest BCUT2D eigenvalue weighted by atomic mass is 10.2. The van der Waals surface area contributed by atoms with Crippen molar-refractivity contribution in [2.75, 3.05) is 11.5 Å². The highest BCUT2D eigenvalue weighted by Crippen LogP contribution is 2.43. The zero-order valence-corrected chi connectivity index (χ0v) is 8.15. The topological polar surface area (TPSA) is 0 Å². The van der Waals surface area contributed by atoms with Gasteiger partial charge in [-0.25, -0.2) is 0 Å². The van der Waals surface area contributed by atoms with Crippen LogP contribution in [0, 0.1) is 0 Å². The van der Waals surface area contributed by atoms with Gasteiger partial charge in [0.15, 0.2) is 0 Å². The van der Waals surface area contributed by atoms with E-state index in [-0.39, 0.29) is 34.8 Å². The van der Waals surface area contributed by atoms with Crippen molar-refractivity contribution in [3.05, 3.63) is 35.8 Å². The number of rotatable bonds is 1. The quantitative estimate of drug-likeness (QED) is 0.681. The Morgan fingerprint density at radius 3 is 2.50 bits per heavy atom. The van der Waals surface area contributed by atoms with E-state index in [1.165, 1.54) is 0 Å². The molecule has 0 atom stereocenters. The van der Waals surface area contributed by atoms with Gasteiger partial charge in [-0.2, -0.15) is 0 Å². The SMILES string of the molecule is [2H]c1c([2H])c([2H])c(C2SCCCS2)c([2H])c1[2H]. The molecule has 1 aromatic carbocycles. The first-order valence-corrected chi connectivity index (χ1v) is 5.93. The lowest BCUT2D eigenvalue weighted by Gasteiger charge is -2.20. The van der Waals surface area contributed by atoms with Crippen molar-refractivity contribution >= 4 is 23.5 Å². The Bertz CT molecular complexity index is 414. The van der Waals surface area contributed by atoms with Crippen molar-refractivity contribution in [2.45, 2.75) is 11.0 Å². The Balaban J connectivity index is 2.52. The van der Waals surface area contributed by atoms with Gasteiger partial charge in [-0.05, 0) is 23.5 Å². The molecule has 0 amide bonds. The molecule has 0 spiro atoms. The molecule has 0 saturated carbocycles. The fraction of sp³-hybridized carbons (Fsp3) is 0.400. The predicted molar refractivity (Wildman–Crippen MR) is 58.7 cm³/mol. The second-order valence-electron chi connectivity index (χ2n) is 2.47. The summed E-state index contributed by atoms with van der Waals surface area (Å²) < 4.78 is 38.5. The molecule has 64 valence electrons. The molecule has 12 heavy (non-hydrogen) atoms. The Labute approximate surface area is 89.2 Å². The summed E-state index contributed by atoms with van der Waals surface area (Å²) in [5.41, 5.74) is 0.450. The van der Waals surface area contributed by atoms with Crippen LogP contribution in [0.5, 0.6) is 0 Å². The minimum atomic E-state index is -0.311. The summed E-state index contributed by atoms with van der Waals surface area (Å²) in [5, 5.41) is 0. The van der Waals surface area contributed by atoms with E-state index in [9.17, 15) is 0 Å². The molecular weight excluding hydrogens is 184 g/mol. The Hall–Kier alpha value is -0.0800. The molecule has 0 unspecified atom stereocenters. The number of benzene rings is 1. The number of thioether (sulfide) groups is 2. The molecule has 0 N–H and O–H groups in total. The van der Waals surface area contributed by atoms with E-state index in [0.717, 1.165) is 17.9 Å². The maximum Gasteiger partial charge on any atom is 0.0751 e. The fourth-order valence-electron chi connectivity index (χ4n) is 1.03. The summed E-state index contributed by atoms with van der Waals surface area (Å²) in [5.74, 6) is 1.97. The minimum absolute atomic E-state index is 0.0300. The number of hydrogen-bond acceptors (Lipinski definition) is 2. The first-order valence-electron chi connectivity index (χ1n) is 6.34. The molecule has 0 bridgehead atoms. The molecule has 1 saturated heterocycles. The molecule has 0 aliphatic carbocycles. The predicted octanol–water partition coefficient (Wildman–Crippen LogP) is 3.56. The van der Waals surface area contributed by atoms with Gasteiger partial charge in [0.25, 0.3) is 0 Å². The van der Waals surface area contributed by atoms with Crippen molar-refractivity contribution in [1.82, 2.24) is 0 Å². The summed E-state index contributed by atoms with van der Waals surface area (Å²) >= 11 is 3.33. The Kier molecular flexibility index (Phi) is 1.56. The maximum absolute atomic E-state index is 7.87. The summed E-state index contributed by atoms with van der Waals surface area (Å²) in [6, 6.07) is -0.874. The van der Waals surface area contributed by atoms with Crippen LogP contribution in [0.3, 0.4) is 0 Å². The molecule has 1 heterocycles. The van der Waals surface area contributed by atoms with E-state index >= 15 is 0 Å². The van der Waals surface area contributed by atoms with Gasteiger partial charge in [-0.15, -0.1) is 23.5 Å². The third-order valence-electron chi connectivity index (χ3n) is 1.58. The van der Waals surface area contributed by atoms with Gasteiger partial charge in [-0.1, -0.05) is 30.2 Å². The summed E-state index contributed by atoms with van der Waals surface area (Å²) in [7, 11) is 0. The van der Waals surface area contributed by atoms with Crippen LogP contribution in [0.25, 0.3) is 0 Å². The van der Waals surface area contributed by atoms with Crippen molar-refractivity contribution in [2.24, 2.45) is 0 Å². The van der Waals surface area contributed by atoms with E-state index in [4.69, 9.17) is 6.85 Å². The highest BCUT2D eigenvalue weighted by Gasteiger charge is 2.15. The maximum atomic E-state index is 7.87. The summed E-state index contributed by atoms with van der Waals surface area (Å²) in [4.78, 5) is 0. The van der Waals surface area contributed by atoms with Gasteiger partial charge in [0, 0.05) is 0 Å². The molecule has 1 aliphatic rings. The van der Waals surface area contributed by atoms with Crippen LogP contribution in [0.4, 0.5) is 0 Å². The highest BCUT2D eigenvalue weighted by atomic mass is 32.2. The highest BCUT2D eigenvalue weighted by molar-refractivity contribution is 8.16. The lowest BCUT2D eigenvalue weighted by Crippen LogP contribution is -1.99. The fourth-order valence-corrected chi connectivity index (χ4v) is 3.80. The molecule has 0 radical (unpaired) electrons. The van der Waals surface area contributed by atoms with Gasteiger partial charge < -0.3 is 0 Å². The molecule has 0 aromatic heterocycles. The minimum Gasteiger partial charge on any atom is -0.143 e. The van der Waals surface area contributed by atoms with Crippen molar-refractivity contribution in [3.8, 4) is 0 Å². The van der Waals surface area contributed by atoms with Crippen LogP contribution in [0.2, 0.25) is 0 Å². The molecule has 1 fully saturated rings. The van der Waals surface area contributed by atoms with E-state index in [1.54, 1.807) is 23.5 Å². The van der Waals surface area contributed by atoms with Gasteiger partial charge in [0.2, 0.25) is 0 Å². The Morgan fingerprint density at radius 2 is 1.83 bits per heavy atom. The van der Waals surface area contributed by atoms with Gasteiger partial charge >= 0.3 is 0 Å². The first-order chi connectivity index (χ1) is 8.04. The standard InChI is InChI=1S/C10H12S2/c1-2-5-9(6-3-1)10-11-7-4-8-12-10/h1-3,5-6,10H,4,7-8H2/i1D,2D,3D,5D,6D. The van der Waals surface area contributed by atoms with Crippen molar-refractivity contribution < 1.29 is 6.85 Å². The van der Waals surface area contributed by atoms with Gasteiger partial charge in [0.1, 0.15) is 0 Å². The molecule has 1 aliphatic heterocycles. The largest absolute Gasteiger partial charge is 0.143 e. The lowest BCUT2D eigenvalue weighted by molar-refractivity contribution is 1.10. The van der Waals surface area contributed by atoms with Crippen molar-refractivity contribution in [3.63, 3.8) is 0 Å². The van der Waals surface area contributed by atoms with Crippen LogP contribution >= 0.6 is 23.5 Å². The molecule has 1 aromatic rings. The normalized spacial score (nSPS) is 25.2. The van der Waals surface area contributed by atoms with E-state index < -0.39 is 0 Å². The van der Waals surface area contributed by atoms with Crippen LogP contribution in [-0.2, 0) is 0 Å². The second-order valence-corrected chi connectivity index (χ2v) is 5.19. The van der Waals surface area contributed by atoms with Crippen LogP contribution in [0.1, 0.15) is 23.4 Å².